The Morgan fingerprint density at radius 3 is 2.08 bits per heavy atom. The minimum Gasteiger partial charge on any atom is -0.507 e. The Balaban J connectivity index is 2.13. The molecule has 196 valence electrons. The Morgan fingerprint density at radius 2 is 1.58 bits per heavy atom. The Labute approximate surface area is 212 Å². The highest BCUT2D eigenvalue weighted by Crippen LogP contribution is 2.72. The van der Waals surface area contributed by atoms with Crippen LogP contribution in [0.5, 0.6) is 5.75 Å². The molecule has 0 aliphatic heterocycles. The molecule has 8 atom stereocenters. The van der Waals surface area contributed by atoms with Gasteiger partial charge in [0.2, 0.25) is 5.91 Å². The van der Waals surface area contributed by atoms with Gasteiger partial charge in [-0.3, -0.25) is 24.1 Å². The summed E-state index contributed by atoms with van der Waals surface area (Å²) in [7, 11) is 3.43. The molecule has 2 saturated carbocycles. The Morgan fingerprint density at radius 1 is 1.03 bits per heavy atom. The number of phenols is 1. The summed E-state index contributed by atoms with van der Waals surface area (Å²) in [6, 6.07) is 2.35. The molecule has 4 N–H and O–H groups in total. The summed E-state index contributed by atoms with van der Waals surface area (Å²) in [6.45, 7) is 13.2. The van der Waals surface area contributed by atoms with Gasteiger partial charge in [0.25, 0.3) is 0 Å². The number of benzene rings is 1. The van der Waals surface area contributed by atoms with Crippen LogP contribution in [-0.4, -0.2) is 64.6 Å². The number of rotatable bonds is 2. The van der Waals surface area contributed by atoms with Crippen LogP contribution >= 0.6 is 0 Å². The minimum absolute atomic E-state index is 0.163. The first-order chi connectivity index (χ1) is 16.4. The summed E-state index contributed by atoms with van der Waals surface area (Å²) >= 11 is 0. The number of aromatic hydroxyl groups is 1. The summed E-state index contributed by atoms with van der Waals surface area (Å²) < 4.78 is 0. The second kappa shape index (κ2) is 7.48. The highest BCUT2D eigenvalue weighted by Gasteiger charge is 2.79. The number of hydrogen-bond donors (Lipinski definition) is 3. The van der Waals surface area contributed by atoms with Crippen LogP contribution in [0.15, 0.2) is 12.1 Å². The second-order valence-corrected chi connectivity index (χ2v) is 12.5. The predicted octanol–water partition coefficient (Wildman–Crippen LogP) is 2.00. The summed E-state index contributed by atoms with van der Waals surface area (Å²) in [5.74, 6) is -6.20. The number of aryl methyl sites for hydroxylation is 1. The van der Waals surface area contributed by atoms with E-state index in [0.29, 0.717) is 5.56 Å². The molecule has 1 aromatic carbocycles. The van der Waals surface area contributed by atoms with Crippen molar-refractivity contribution in [3.63, 3.8) is 0 Å². The highest BCUT2D eigenvalue weighted by atomic mass is 16.3. The van der Waals surface area contributed by atoms with Gasteiger partial charge in [0, 0.05) is 5.41 Å². The first-order valence-corrected chi connectivity index (χ1v) is 12.4. The fourth-order valence-corrected chi connectivity index (χ4v) is 8.72. The molecule has 1 aromatic rings. The molecule has 0 aromatic heterocycles. The summed E-state index contributed by atoms with van der Waals surface area (Å²) in [4.78, 5) is 56.0. The van der Waals surface area contributed by atoms with Crippen molar-refractivity contribution in [3.8, 4) is 5.75 Å². The van der Waals surface area contributed by atoms with Gasteiger partial charge in [-0.15, -0.1) is 0 Å². The Bertz CT molecular complexity index is 1220. The van der Waals surface area contributed by atoms with E-state index < -0.39 is 74.8 Å². The third-order valence-electron chi connectivity index (χ3n) is 11.1. The van der Waals surface area contributed by atoms with Gasteiger partial charge >= 0.3 is 0 Å². The van der Waals surface area contributed by atoms with E-state index in [9.17, 15) is 29.4 Å². The van der Waals surface area contributed by atoms with Crippen LogP contribution < -0.4 is 5.73 Å². The highest BCUT2D eigenvalue weighted by molar-refractivity contribution is 6.24. The minimum atomic E-state index is -1.71. The number of fused-ring (bicyclic) bond motifs is 3. The molecular formula is C28H38N2O6. The number of nitrogens with two attached hydrogens (primary N) is 1. The van der Waals surface area contributed by atoms with Gasteiger partial charge in [-0.1, -0.05) is 40.7 Å². The molecule has 8 nitrogen and oxygen atoms in total. The van der Waals surface area contributed by atoms with Gasteiger partial charge in [0.15, 0.2) is 23.3 Å². The Kier molecular flexibility index (Phi) is 5.50. The molecule has 36 heavy (non-hydrogen) atoms. The predicted molar refractivity (Wildman–Crippen MR) is 133 cm³/mol. The first-order valence-electron chi connectivity index (χ1n) is 12.4. The lowest BCUT2D eigenvalue weighted by molar-refractivity contribution is -0.240. The lowest BCUT2D eigenvalue weighted by atomic mass is 9.31. The summed E-state index contributed by atoms with van der Waals surface area (Å²) in [5, 5.41) is 22.9. The van der Waals surface area contributed by atoms with Crippen molar-refractivity contribution in [2.45, 2.75) is 66.0 Å². The monoisotopic (exact) mass is 498 g/mol. The topological polar surface area (TPSA) is 138 Å². The maximum atomic E-state index is 14.2. The van der Waals surface area contributed by atoms with E-state index in [1.54, 1.807) is 32.0 Å². The SMILES string of the molecule is Cc1ccc(O)c2c1C(C)(C)C1(C)C(C2=O)C(O)C2(C)C(=O)C(C(N)=O)C(=O)C(N(C)C)C2(C)C1C. The van der Waals surface area contributed by atoms with E-state index in [-0.39, 0.29) is 11.3 Å². The number of Topliss-reactive ketones (excluding diaryl/α,β-unsaturated/α-hetero) is 3. The molecule has 8 unspecified atom stereocenters. The van der Waals surface area contributed by atoms with Gasteiger partial charge in [-0.2, -0.15) is 0 Å². The van der Waals surface area contributed by atoms with Crippen LogP contribution in [-0.2, 0) is 19.8 Å². The lowest BCUT2D eigenvalue weighted by Crippen LogP contribution is -2.80. The number of carbonyl (C=O) groups is 4. The molecule has 0 heterocycles. The van der Waals surface area contributed by atoms with E-state index in [1.807, 2.05) is 41.5 Å². The van der Waals surface area contributed by atoms with Gasteiger partial charge in [-0.25, -0.2) is 0 Å². The molecule has 8 heteroatoms. The van der Waals surface area contributed by atoms with Crippen LogP contribution in [0.4, 0.5) is 0 Å². The number of hydrogen-bond acceptors (Lipinski definition) is 7. The smallest absolute Gasteiger partial charge is 0.235 e. The van der Waals surface area contributed by atoms with Crippen LogP contribution in [0.25, 0.3) is 0 Å². The number of amides is 1. The van der Waals surface area contributed by atoms with Crippen molar-refractivity contribution in [3.05, 3.63) is 28.8 Å². The van der Waals surface area contributed by atoms with Gasteiger partial charge in [0.1, 0.15) is 5.75 Å². The van der Waals surface area contributed by atoms with Crippen LogP contribution in [0.2, 0.25) is 0 Å². The van der Waals surface area contributed by atoms with E-state index in [4.69, 9.17) is 5.73 Å². The van der Waals surface area contributed by atoms with E-state index >= 15 is 0 Å². The molecule has 0 spiro atoms. The fraction of sp³-hybridized carbons (Fsp3) is 0.643. The van der Waals surface area contributed by atoms with Crippen molar-refractivity contribution in [1.82, 2.24) is 4.90 Å². The molecular weight excluding hydrogens is 460 g/mol. The molecule has 2 fully saturated rings. The normalized spacial score (nSPS) is 41.5. The third-order valence-corrected chi connectivity index (χ3v) is 11.1. The third kappa shape index (κ3) is 2.57. The zero-order chi connectivity index (χ0) is 27.5. The van der Waals surface area contributed by atoms with E-state index in [2.05, 4.69) is 0 Å². The molecule has 0 saturated heterocycles. The maximum Gasteiger partial charge on any atom is 0.235 e. The number of phenolic OH excluding ortho intramolecular Hbond substituents is 1. The summed E-state index contributed by atoms with van der Waals surface area (Å²) in [5.41, 5.74) is 2.83. The molecule has 4 rings (SSSR count). The van der Waals surface area contributed by atoms with E-state index in [1.165, 1.54) is 6.07 Å². The van der Waals surface area contributed by atoms with Gasteiger partial charge < -0.3 is 15.9 Å². The maximum absolute atomic E-state index is 14.2. The van der Waals surface area contributed by atoms with Crippen molar-refractivity contribution in [1.29, 1.82) is 0 Å². The largest absolute Gasteiger partial charge is 0.507 e. The van der Waals surface area contributed by atoms with Crippen molar-refractivity contribution in [2.75, 3.05) is 14.1 Å². The standard InChI is InChI=1S/C28H38N2O6/c1-12-10-11-14(31)15-17(12)25(3,4)26(5)13(2)27(6)21(30(8)9)20(33)16(24(29)36)22(34)28(27,7)23(35)18(26)19(15)32/h10-11,13,16,18,21,23,31,35H,1-9H3,(H2,29,36). The molecule has 3 aliphatic carbocycles. The van der Waals surface area contributed by atoms with Crippen LogP contribution in [0.3, 0.4) is 0 Å². The number of aliphatic hydroxyl groups excluding tert-OH is 1. The average molecular weight is 499 g/mol. The number of aliphatic hydroxyl groups is 1. The number of primary amides is 1. The van der Waals surface area contributed by atoms with Crippen molar-refractivity contribution >= 4 is 23.3 Å². The van der Waals surface area contributed by atoms with E-state index in [0.717, 1.165) is 5.56 Å². The number of ketones is 3. The molecule has 1 amide bonds. The van der Waals surface area contributed by atoms with Crippen molar-refractivity contribution in [2.24, 2.45) is 39.7 Å². The number of carbonyl (C=O) groups excluding carboxylic acids is 4. The molecule has 0 bridgehead atoms. The molecule has 0 radical (unpaired) electrons. The average Bonchev–Trinajstić information content (AvgIpc) is 2.75. The molecule has 3 aliphatic rings. The van der Waals surface area contributed by atoms with Crippen LogP contribution in [0, 0.1) is 40.9 Å². The van der Waals surface area contributed by atoms with Crippen LogP contribution in [0.1, 0.15) is 63.0 Å². The quantitative estimate of drug-likeness (QED) is 0.530. The summed E-state index contributed by atoms with van der Waals surface area (Å²) in [6.07, 6.45) is -1.52. The van der Waals surface area contributed by atoms with Gasteiger partial charge in [0.05, 0.1) is 29.0 Å². The second-order valence-electron chi connectivity index (χ2n) is 12.5. The van der Waals surface area contributed by atoms with Gasteiger partial charge in [-0.05, 0) is 61.9 Å². The Hall–Kier alpha value is -2.58. The fourth-order valence-electron chi connectivity index (χ4n) is 8.72. The lowest BCUT2D eigenvalue weighted by Gasteiger charge is -2.72. The zero-order valence-electron chi connectivity index (χ0n) is 22.6. The number of nitrogens with zero attached hydrogens (tertiary/aromatic N) is 1. The first kappa shape index (κ1) is 26.5. The zero-order valence-corrected chi connectivity index (χ0v) is 22.6. The van der Waals surface area contributed by atoms with Crippen molar-refractivity contribution < 1.29 is 29.4 Å². The number of likely N-dealkylation sites (N-methyl/N-ethyl adjacent to an activating group) is 1.